The van der Waals surface area contributed by atoms with Crippen molar-refractivity contribution in [3.8, 4) is 27.9 Å². The lowest BCUT2D eigenvalue weighted by molar-refractivity contribution is 0.673. The summed E-state index contributed by atoms with van der Waals surface area (Å²) >= 11 is 1.85. The van der Waals surface area contributed by atoms with E-state index in [4.69, 9.17) is 4.42 Å². The lowest BCUT2D eigenvalue weighted by atomic mass is 9.99. The number of hydrogen-bond donors (Lipinski definition) is 0. The molecule has 0 N–H and O–H groups in total. The summed E-state index contributed by atoms with van der Waals surface area (Å²) in [6, 6.07) is 54.7. The normalized spacial score (nSPS) is 12.0. The van der Waals surface area contributed by atoms with Gasteiger partial charge in [0.2, 0.25) is 0 Å². The minimum absolute atomic E-state index is 0.929. The van der Waals surface area contributed by atoms with Gasteiger partial charge in [-0.05, 0) is 65.2 Å². The molecule has 45 heavy (non-hydrogen) atoms. The summed E-state index contributed by atoms with van der Waals surface area (Å²) in [7, 11) is 0. The van der Waals surface area contributed by atoms with E-state index in [1.165, 1.54) is 64.2 Å². The van der Waals surface area contributed by atoms with Gasteiger partial charge in [0.05, 0.1) is 11.0 Å². The molecule has 2 nitrogen and oxygen atoms in total. The van der Waals surface area contributed by atoms with Gasteiger partial charge in [-0.25, -0.2) is 0 Å². The van der Waals surface area contributed by atoms with Crippen LogP contribution in [0.4, 0.5) is 0 Å². The molecule has 0 aliphatic heterocycles. The molecule has 0 fully saturated rings. The molecule has 10 rings (SSSR count). The van der Waals surface area contributed by atoms with Gasteiger partial charge in [0.25, 0.3) is 0 Å². The molecule has 0 spiro atoms. The van der Waals surface area contributed by atoms with Gasteiger partial charge in [-0.2, -0.15) is 0 Å². The average molecular weight is 592 g/mol. The molecule has 3 aromatic heterocycles. The van der Waals surface area contributed by atoms with Gasteiger partial charge in [-0.15, -0.1) is 11.3 Å². The highest BCUT2D eigenvalue weighted by molar-refractivity contribution is 7.26. The van der Waals surface area contributed by atoms with Gasteiger partial charge in [0, 0.05) is 53.0 Å². The third-order valence-corrected chi connectivity index (χ3v) is 10.4. The van der Waals surface area contributed by atoms with Crippen LogP contribution in [0.15, 0.2) is 156 Å². The molecule has 0 aliphatic rings. The summed E-state index contributed by atoms with van der Waals surface area (Å²) < 4.78 is 11.4. The van der Waals surface area contributed by atoms with Crippen molar-refractivity contribution < 1.29 is 4.42 Å². The Bertz CT molecular complexity index is 2740. The van der Waals surface area contributed by atoms with Crippen molar-refractivity contribution in [1.82, 2.24) is 4.57 Å². The number of benzene rings is 7. The van der Waals surface area contributed by atoms with Gasteiger partial charge in [-0.1, -0.05) is 103 Å². The third kappa shape index (κ3) is 3.62. The zero-order valence-electron chi connectivity index (χ0n) is 24.2. The van der Waals surface area contributed by atoms with Crippen molar-refractivity contribution >= 4 is 75.3 Å². The molecule has 0 amide bonds. The molecule has 0 radical (unpaired) electrons. The number of rotatable bonds is 3. The van der Waals surface area contributed by atoms with E-state index in [0.29, 0.717) is 0 Å². The maximum Gasteiger partial charge on any atom is 0.144 e. The molecule has 7 aromatic carbocycles. The van der Waals surface area contributed by atoms with Crippen LogP contribution in [0.3, 0.4) is 0 Å². The molecule has 0 saturated carbocycles. The Morgan fingerprint density at radius 3 is 2.02 bits per heavy atom. The van der Waals surface area contributed by atoms with E-state index < -0.39 is 0 Å². The molecule has 0 atom stereocenters. The highest BCUT2D eigenvalue weighted by Crippen LogP contribution is 2.46. The number of hydrogen-bond acceptors (Lipinski definition) is 2. The molecule has 3 heteroatoms. The minimum Gasteiger partial charge on any atom is -0.455 e. The van der Waals surface area contributed by atoms with Crippen LogP contribution in [0.5, 0.6) is 0 Å². The SMILES string of the molecule is c1ccc(-c2ccc3c(c2)c2ccccc2n3-c2ccc(-c3cc4c5ccccc5oc4c4c3sc3ccccc34)cc2)cc1. The van der Waals surface area contributed by atoms with Gasteiger partial charge in [-0.3, -0.25) is 0 Å². The summed E-state index contributed by atoms with van der Waals surface area (Å²) in [5, 5.41) is 7.30. The van der Waals surface area contributed by atoms with E-state index in [-0.39, 0.29) is 0 Å². The van der Waals surface area contributed by atoms with Crippen molar-refractivity contribution in [2.75, 3.05) is 0 Å². The van der Waals surface area contributed by atoms with Crippen LogP contribution in [0.2, 0.25) is 0 Å². The fourth-order valence-corrected chi connectivity index (χ4v) is 8.37. The van der Waals surface area contributed by atoms with Crippen LogP contribution >= 0.6 is 11.3 Å². The Balaban J connectivity index is 1.18. The van der Waals surface area contributed by atoms with Crippen molar-refractivity contribution in [3.63, 3.8) is 0 Å². The molecule has 0 aliphatic carbocycles. The zero-order chi connectivity index (χ0) is 29.5. The molecule has 3 heterocycles. The summed E-state index contributed by atoms with van der Waals surface area (Å²) in [5.41, 5.74) is 10.4. The Morgan fingerprint density at radius 1 is 0.467 bits per heavy atom. The number of fused-ring (bicyclic) bond motifs is 10. The van der Waals surface area contributed by atoms with Crippen LogP contribution in [-0.2, 0) is 0 Å². The van der Waals surface area contributed by atoms with E-state index in [1.807, 2.05) is 17.4 Å². The molecule has 10 aromatic rings. The van der Waals surface area contributed by atoms with Gasteiger partial charge in [0.1, 0.15) is 11.2 Å². The fraction of sp³-hybridized carbons (Fsp3) is 0. The maximum absolute atomic E-state index is 6.51. The highest BCUT2D eigenvalue weighted by Gasteiger charge is 2.19. The molecular formula is C42H25NOS. The Morgan fingerprint density at radius 2 is 1.16 bits per heavy atom. The Labute approximate surface area is 263 Å². The average Bonchev–Trinajstić information content (AvgIpc) is 3.78. The van der Waals surface area contributed by atoms with Crippen LogP contribution in [0.1, 0.15) is 0 Å². The Kier molecular flexibility index (Phi) is 5.19. The van der Waals surface area contributed by atoms with E-state index in [9.17, 15) is 0 Å². The maximum atomic E-state index is 6.51. The summed E-state index contributed by atoms with van der Waals surface area (Å²) in [5.74, 6) is 0. The van der Waals surface area contributed by atoms with E-state index in [2.05, 4.69) is 150 Å². The summed E-state index contributed by atoms with van der Waals surface area (Å²) in [4.78, 5) is 0. The second kappa shape index (κ2) is 9.43. The number of nitrogens with zero attached hydrogens (tertiary/aromatic N) is 1. The molecule has 0 bridgehead atoms. The van der Waals surface area contributed by atoms with Crippen molar-refractivity contribution in [3.05, 3.63) is 152 Å². The van der Waals surface area contributed by atoms with Crippen molar-refractivity contribution in [2.24, 2.45) is 0 Å². The quantitative estimate of drug-likeness (QED) is 0.200. The lowest BCUT2D eigenvalue weighted by Crippen LogP contribution is -1.93. The first-order chi connectivity index (χ1) is 22.3. The van der Waals surface area contributed by atoms with Crippen molar-refractivity contribution in [1.29, 1.82) is 0 Å². The third-order valence-electron chi connectivity index (χ3n) is 9.21. The number of aromatic nitrogens is 1. The van der Waals surface area contributed by atoms with Crippen LogP contribution < -0.4 is 0 Å². The summed E-state index contributed by atoms with van der Waals surface area (Å²) in [6.45, 7) is 0. The monoisotopic (exact) mass is 591 g/mol. The first-order valence-corrected chi connectivity index (χ1v) is 16.1. The smallest absolute Gasteiger partial charge is 0.144 e. The molecule has 210 valence electrons. The Hall–Kier alpha value is -5.64. The van der Waals surface area contributed by atoms with Crippen molar-refractivity contribution in [2.45, 2.75) is 0 Å². The summed E-state index contributed by atoms with van der Waals surface area (Å²) in [6.07, 6.45) is 0. The fourth-order valence-electron chi connectivity index (χ4n) is 7.13. The highest BCUT2D eigenvalue weighted by atomic mass is 32.1. The second-order valence-electron chi connectivity index (χ2n) is 11.7. The van der Waals surface area contributed by atoms with Crippen LogP contribution in [0.25, 0.3) is 91.9 Å². The van der Waals surface area contributed by atoms with Gasteiger partial charge < -0.3 is 8.98 Å². The molecular weight excluding hydrogens is 567 g/mol. The topological polar surface area (TPSA) is 18.1 Å². The first-order valence-electron chi connectivity index (χ1n) is 15.3. The standard InChI is InChI=1S/C42H25NOS/c1-2-10-26(11-3-1)28-20-23-37-34(24-28)30-12-4-7-15-36(30)43(37)29-21-18-27(19-22-29)33-25-35-31-13-5-8-16-38(31)44-41(35)40-32-14-6-9-17-39(32)45-42(33)40/h1-25H. The van der Waals surface area contributed by atoms with E-state index >= 15 is 0 Å². The predicted octanol–water partition coefficient (Wildman–Crippen LogP) is 12.4. The predicted molar refractivity (Wildman–Crippen MR) is 192 cm³/mol. The first kappa shape index (κ1) is 24.8. The largest absolute Gasteiger partial charge is 0.455 e. The molecule has 0 unspecified atom stereocenters. The lowest BCUT2D eigenvalue weighted by Gasteiger charge is -2.11. The number of furan rings is 1. The minimum atomic E-state index is 0.929. The van der Waals surface area contributed by atoms with E-state index in [0.717, 1.165) is 27.6 Å². The second-order valence-corrected chi connectivity index (χ2v) is 12.8. The van der Waals surface area contributed by atoms with Crippen LogP contribution in [0, 0.1) is 0 Å². The molecule has 0 saturated heterocycles. The van der Waals surface area contributed by atoms with Gasteiger partial charge >= 0.3 is 0 Å². The number of para-hydroxylation sites is 2. The van der Waals surface area contributed by atoms with Gasteiger partial charge in [0.15, 0.2) is 0 Å². The number of thiophene rings is 1. The van der Waals surface area contributed by atoms with Crippen LogP contribution in [-0.4, -0.2) is 4.57 Å². The van der Waals surface area contributed by atoms with E-state index in [1.54, 1.807) is 0 Å². The zero-order valence-corrected chi connectivity index (χ0v) is 25.0.